The van der Waals surface area contributed by atoms with Gasteiger partial charge in [0.15, 0.2) is 11.6 Å². The summed E-state index contributed by atoms with van der Waals surface area (Å²) in [5, 5.41) is 0. The van der Waals surface area contributed by atoms with E-state index in [9.17, 15) is 9.18 Å². The van der Waals surface area contributed by atoms with Crippen molar-refractivity contribution in [3.05, 3.63) is 65.5 Å². The SMILES string of the molecule is COC(=O)C(COc1ccccc1F)c1ccc(C)cc1. The smallest absolute Gasteiger partial charge is 0.316 e. The molecule has 0 N–H and O–H groups in total. The van der Waals surface area contributed by atoms with Crippen LogP contribution in [-0.4, -0.2) is 19.7 Å². The van der Waals surface area contributed by atoms with Gasteiger partial charge in [-0.1, -0.05) is 42.0 Å². The molecule has 3 nitrogen and oxygen atoms in total. The number of ether oxygens (including phenoxy) is 2. The van der Waals surface area contributed by atoms with Gasteiger partial charge in [-0.3, -0.25) is 4.79 Å². The van der Waals surface area contributed by atoms with Crippen LogP contribution in [0.5, 0.6) is 5.75 Å². The topological polar surface area (TPSA) is 35.5 Å². The number of halogens is 1. The monoisotopic (exact) mass is 288 g/mol. The van der Waals surface area contributed by atoms with E-state index in [-0.39, 0.29) is 12.4 Å². The Morgan fingerprint density at radius 1 is 1.14 bits per heavy atom. The van der Waals surface area contributed by atoms with Gasteiger partial charge in [-0.2, -0.15) is 0 Å². The van der Waals surface area contributed by atoms with Crippen molar-refractivity contribution in [2.75, 3.05) is 13.7 Å². The highest BCUT2D eigenvalue weighted by atomic mass is 19.1. The van der Waals surface area contributed by atoms with Gasteiger partial charge < -0.3 is 9.47 Å². The molecule has 110 valence electrons. The van der Waals surface area contributed by atoms with Gasteiger partial charge in [0.25, 0.3) is 0 Å². The molecule has 0 saturated heterocycles. The molecule has 0 aliphatic heterocycles. The highest BCUT2D eigenvalue weighted by Gasteiger charge is 2.22. The minimum absolute atomic E-state index is 0.0245. The summed E-state index contributed by atoms with van der Waals surface area (Å²) in [5.41, 5.74) is 1.88. The maximum Gasteiger partial charge on any atom is 0.316 e. The number of esters is 1. The Labute approximate surface area is 123 Å². The first-order valence-corrected chi connectivity index (χ1v) is 6.63. The Balaban J connectivity index is 2.16. The van der Waals surface area contributed by atoms with Gasteiger partial charge in [-0.05, 0) is 24.6 Å². The van der Waals surface area contributed by atoms with Crippen molar-refractivity contribution in [2.24, 2.45) is 0 Å². The number of methoxy groups -OCH3 is 1. The lowest BCUT2D eigenvalue weighted by Crippen LogP contribution is -2.21. The van der Waals surface area contributed by atoms with Crippen LogP contribution < -0.4 is 4.74 Å². The molecule has 1 unspecified atom stereocenters. The lowest BCUT2D eigenvalue weighted by Gasteiger charge is -2.16. The molecule has 0 aliphatic rings. The molecular formula is C17H17FO3. The largest absolute Gasteiger partial charge is 0.489 e. The maximum absolute atomic E-state index is 13.5. The summed E-state index contributed by atoms with van der Waals surface area (Å²) in [6.07, 6.45) is 0. The van der Waals surface area contributed by atoms with Gasteiger partial charge in [-0.15, -0.1) is 0 Å². The Bertz CT molecular complexity index is 608. The number of para-hydroxylation sites is 1. The maximum atomic E-state index is 13.5. The number of carbonyl (C=O) groups is 1. The van der Waals surface area contributed by atoms with Crippen LogP contribution in [0.15, 0.2) is 48.5 Å². The van der Waals surface area contributed by atoms with Crippen LogP contribution in [-0.2, 0) is 9.53 Å². The number of hydrogen-bond acceptors (Lipinski definition) is 3. The first-order valence-electron chi connectivity index (χ1n) is 6.63. The lowest BCUT2D eigenvalue weighted by molar-refractivity contribution is -0.143. The molecule has 2 rings (SSSR count). The molecular weight excluding hydrogens is 271 g/mol. The predicted octanol–water partition coefficient (Wildman–Crippen LogP) is 3.47. The molecule has 0 amide bonds. The fraction of sp³-hybridized carbons (Fsp3) is 0.235. The van der Waals surface area contributed by atoms with Crippen molar-refractivity contribution in [1.82, 2.24) is 0 Å². The molecule has 0 aromatic heterocycles. The van der Waals surface area contributed by atoms with Gasteiger partial charge in [-0.25, -0.2) is 4.39 Å². The average Bonchev–Trinajstić information content (AvgIpc) is 2.50. The predicted molar refractivity (Wildman–Crippen MR) is 77.8 cm³/mol. The van der Waals surface area contributed by atoms with E-state index in [1.807, 2.05) is 31.2 Å². The minimum Gasteiger partial charge on any atom is -0.489 e. The summed E-state index contributed by atoms with van der Waals surface area (Å²) in [7, 11) is 1.33. The standard InChI is InChI=1S/C17H17FO3/c1-12-7-9-13(10-8-12)14(17(19)20-2)11-21-16-6-4-3-5-15(16)18/h3-10,14H,11H2,1-2H3. The molecule has 4 heteroatoms. The highest BCUT2D eigenvalue weighted by Crippen LogP contribution is 2.22. The van der Waals surface area contributed by atoms with E-state index in [4.69, 9.17) is 9.47 Å². The van der Waals surface area contributed by atoms with Crippen LogP contribution in [0.3, 0.4) is 0 Å². The van der Waals surface area contributed by atoms with Gasteiger partial charge in [0.1, 0.15) is 12.5 Å². The van der Waals surface area contributed by atoms with Gasteiger partial charge in [0, 0.05) is 0 Å². The zero-order chi connectivity index (χ0) is 15.2. The second kappa shape index (κ2) is 6.88. The van der Waals surface area contributed by atoms with E-state index in [0.29, 0.717) is 0 Å². The van der Waals surface area contributed by atoms with Crippen molar-refractivity contribution in [3.8, 4) is 5.75 Å². The Morgan fingerprint density at radius 2 is 1.81 bits per heavy atom. The summed E-state index contributed by atoms with van der Waals surface area (Å²) in [4.78, 5) is 11.9. The van der Waals surface area contributed by atoms with Crippen molar-refractivity contribution in [1.29, 1.82) is 0 Å². The number of benzene rings is 2. The van der Waals surface area contributed by atoms with E-state index in [1.165, 1.54) is 19.2 Å². The molecule has 0 bridgehead atoms. The quantitative estimate of drug-likeness (QED) is 0.790. The summed E-state index contributed by atoms with van der Waals surface area (Å²) in [6, 6.07) is 13.6. The summed E-state index contributed by atoms with van der Waals surface area (Å²) < 4.78 is 23.8. The van der Waals surface area contributed by atoms with Crippen LogP contribution in [0.4, 0.5) is 4.39 Å². The number of rotatable bonds is 5. The van der Waals surface area contributed by atoms with Crippen LogP contribution in [0.1, 0.15) is 17.0 Å². The summed E-state index contributed by atoms with van der Waals surface area (Å²) in [5.74, 6) is -1.33. The molecule has 2 aromatic carbocycles. The highest BCUT2D eigenvalue weighted by molar-refractivity contribution is 5.78. The number of carbonyl (C=O) groups excluding carboxylic acids is 1. The third-order valence-corrected chi connectivity index (χ3v) is 3.21. The lowest BCUT2D eigenvalue weighted by atomic mass is 9.99. The normalized spacial score (nSPS) is 11.8. The zero-order valence-electron chi connectivity index (χ0n) is 12.0. The fourth-order valence-corrected chi connectivity index (χ4v) is 1.98. The molecule has 1 atom stereocenters. The second-order valence-corrected chi connectivity index (χ2v) is 4.73. The summed E-state index contributed by atoms with van der Waals surface area (Å²) >= 11 is 0. The molecule has 0 spiro atoms. The third kappa shape index (κ3) is 3.81. The molecule has 0 aliphatic carbocycles. The minimum atomic E-state index is -0.588. The first-order chi connectivity index (χ1) is 10.1. The van der Waals surface area contributed by atoms with E-state index in [1.54, 1.807) is 12.1 Å². The van der Waals surface area contributed by atoms with Crippen molar-refractivity contribution in [3.63, 3.8) is 0 Å². The Morgan fingerprint density at radius 3 is 2.43 bits per heavy atom. The molecule has 0 radical (unpaired) electrons. The summed E-state index contributed by atoms with van der Waals surface area (Å²) in [6.45, 7) is 1.99. The number of aryl methyl sites for hydroxylation is 1. The van der Waals surface area contributed by atoms with Crippen LogP contribution in [0.25, 0.3) is 0 Å². The van der Waals surface area contributed by atoms with Crippen molar-refractivity contribution in [2.45, 2.75) is 12.8 Å². The molecule has 21 heavy (non-hydrogen) atoms. The van der Waals surface area contributed by atoms with Gasteiger partial charge >= 0.3 is 5.97 Å². The van der Waals surface area contributed by atoms with Gasteiger partial charge in [0.2, 0.25) is 0 Å². The van der Waals surface area contributed by atoms with Crippen LogP contribution in [0, 0.1) is 12.7 Å². The van der Waals surface area contributed by atoms with Crippen LogP contribution in [0.2, 0.25) is 0 Å². The zero-order valence-corrected chi connectivity index (χ0v) is 12.0. The molecule has 0 saturated carbocycles. The molecule has 0 fully saturated rings. The van der Waals surface area contributed by atoms with Crippen LogP contribution >= 0.6 is 0 Å². The van der Waals surface area contributed by atoms with E-state index < -0.39 is 17.7 Å². The van der Waals surface area contributed by atoms with Crippen molar-refractivity contribution < 1.29 is 18.7 Å². The van der Waals surface area contributed by atoms with E-state index >= 15 is 0 Å². The molecule has 0 heterocycles. The first kappa shape index (κ1) is 15.0. The fourth-order valence-electron chi connectivity index (χ4n) is 1.98. The average molecular weight is 288 g/mol. The second-order valence-electron chi connectivity index (χ2n) is 4.73. The van der Waals surface area contributed by atoms with E-state index in [2.05, 4.69) is 0 Å². The van der Waals surface area contributed by atoms with Gasteiger partial charge in [0.05, 0.1) is 7.11 Å². The third-order valence-electron chi connectivity index (χ3n) is 3.21. The Kier molecular flexibility index (Phi) is 4.93. The molecule has 2 aromatic rings. The van der Waals surface area contributed by atoms with E-state index in [0.717, 1.165) is 11.1 Å². The Hall–Kier alpha value is -2.36. The van der Waals surface area contributed by atoms with Crippen molar-refractivity contribution >= 4 is 5.97 Å². The number of hydrogen-bond donors (Lipinski definition) is 0.